The zero-order valence-electron chi connectivity index (χ0n) is 14.9. The van der Waals surface area contributed by atoms with E-state index in [-0.39, 0.29) is 11.8 Å². The lowest BCUT2D eigenvalue weighted by Crippen LogP contribution is -2.37. The van der Waals surface area contributed by atoms with Gasteiger partial charge in [-0.05, 0) is 37.1 Å². The number of para-hydroxylation sites is 1. The summed E-state index contributed by atoms with van der Waals surface area (Å²) in [6.45, 7) is 4.46. The van der Waals surface area contributed by atoms with E-state index in [1.165, 1.54) is 4.90 Å². The smallest absolute Gasteiger partial charge is 0.262 e. The highest BCUT2D eigenvalue weighted by molar-refractivity contribution is 6.07. The molecule has 2 saturated heterocycles. The van der Waals surface area contributed by atoms with Crippen molar-refractivity contribution in [1.29, 1.82) is 0 Å². The van der Waals surface area contributed by atoms with Crippen molar-refractivity contribution in [3.8, 4) is 0 Å². The van der Waals surface area contributed by atoms with Gasteiger partial charge in [0.05, 0.1) is 12.0 Å². The molecule has 0 radical (unpaired) electrons. The predicted octanol–water partition coefficient (Wildman–Crippen LogP) is 3.23. The van der Waals surface area contributed by atoms with Gasteiger partial charge in [0.2, 0.25) is 5.91 Å². The third-order valence-electron chi connectivity index (χ3n) is 5.13. The summed E-state index contributed by atoms with van der Waals surface area (Å²) in [6.07, 6.45) is 2.50. The zero-order valence-corrected chi connectivity index (χ0v) is 14.9. The molecule has 26 heavy (non-hydrogen) atoms. The van der Waals surface area contributed by atoms with Crippen LogP contribution in [0, 0.1) is 12.8 Å². The van der Waals surface area contributed by atoms with Crippen molar-refractivity contribution in [2.45, 2.75) is 38.8 Å². The molecule has 3 atom stereocenters. The first kappa shape index (κ1) is 16.8. The van der Waals surface area contributed by atoms with E-state index in [1.54, 1.807) is 17.4 Å². The summed E-state index contributed by atoms with van der Waals surface area (Å²) in [7, 11) is 0. The van der Waals surface area contributed by atoms with Crippen LogP contribution in [0.15, 0.2) is 47.1 Å². The van der Waals surface area contributed by atoms with Crippen LogP contribution in [-0.2, 0) is 14.4 Å². The molecular formula is C20H22N2O4. The van der Waals surface area contributed by atoms with Crippen LogP contribution in [0.5, 0.6) is 0 Å². The quantitative estimate of drug-likeness (QED) is 0.772. The lowest BCUT2D eigenvalue weighted by atomic mass is 9.94. The molecule has 3 heterocycles. The molecule has 2 aromatic rings. The molecule has 4 rings (SSSR count). The van der Waals surface area contributed by atoms with Gasteiger partial charge in [-0.1, -0.05) is 31.5 Å². The molecule has 0 spiro atoms. The van der Waals surface area contributed by atoms with Gasteiger partial charge in [-0.15, -0.1) is 0 Å². The van der Waals surface area contributed by atoms with Gasteiger partial charge in [0.1, 0.15) is 17.7 Å². The van der Waals surface area contributed by atoms with Gasteiger partial charge in [-0.3, -0.25) is 19.3 Å². The molecule has 0 aliphatic carbocycles. The Morgan fingerprint density at radius 3 is 2.58 bits per heavy atom. The van der Waals surface area contributed by atoms with Crippen molar-refractivity contribution in [2.24, 2.45) is 5.92 Å². The Hall–Kier alpha value is -2.60. The number of furan rings is 1. The second kappa shape index (κ2) is 6.61. The number of hydrogen-bond acceptors (Lipinski definition) is 5. The minimum atomic E-state index is -0.797. The molecule has 0 unspecified atom stereocenters. The Labute approximate surface area is 152 Å². The van der Waals surface area contributed by atoms with Crippen molar-refractivity contribution >= 4 is 17.5 Å². The molecule has 2 aliphatic heterocycles. The number of fused-ring (bicyclic) bond motifs is 1. The minimum Gasteiger partial charge on any atom is -0.467 e. The Balaban J connectivity index is 1.73. The van der Waals surface area contributed by atoms with Gasteiger partial charge in [-0.2, -0.15) is 0 Å². The normalized spacial score (nSPS) is 25.2. The Morgan fingerprint density at radius 2 is 1.88 bits per heavy atom. The first-order valence-corrected chi connectivity index (χ1v) is 9.03. The molecule has 1 aromatic carbocycles. The average Bonchev–Trinajstić information content (AvgIpc) is 3.33. The number of benzene rings is 1. The molecule has 136 valence electrons. The van der Waals surface area contributed by atoms with E-state index in [9.17, 15) is 9.59 Å². The summed E-state index contributed by atoms with van der Waals surface area (Å²) in [5.74, 6) is -0.392. The van der Waals surface area contributed by atoms with E-state index in [2.05, 4.69) is 0 Å². The van der Waals surface area contributed by atoms with Gasteiger partial charge in [0, 0.05) is 6.54 Å². The van der Waals surface area contributed by atoms with E-state index in [4.69, 9.17) is 9.25 Å². The van der Waals surface area contributed by atoms with Crippen LogP contribution < -0.4 is 5.06 Å². The van der Waals surface area contributed by atoms with E-state index in [1.807, 2.05) is 44.2 Å². The Bertz CT molecular complexity index is 817. The van der Waals surface area contributed by atoms with Crippen molar-refractivity contribution in [1.82, 2.24) is 4.90 Å². The molecule has 0 bridgehead atoms. The van der Waals surface area contributed by atoms with Gasteiger partial charge in [0.15, 0.2) is 6.10 Å². The number of nitrogens with zero attached hydrogens (tertiary/aromatic N) is 2. The fraction of sp³-hybridized carbons (Fsp3) is 0.400. The van der Waals surface area contributed by atoms with Gasteiger partial charge in [0.25, 0.3) is 5.91 Å². The standard InChI is InChI=1S/C20H22N2O4/c1-3-4-11-21-19(23)16-17(15-10-7-12-25-15)22(26-18(16)20(21)24)14-9-6-5-8-13(14)2/h5-10,12,16-18H,3-4,11H2,1-2H3/t16-,17-,18-/m0/s1. The summed E-state index contributed by atoms with van der Waals surface area (Å²) < 4.78 is 5.61. The Morgan fingerprint density at radius 1 is 1.08 bits per heavy atom. The van der Waals surface area contributed by atoms with Crippen LogP contribution in [0.25, 0.3) is 0 Å². The van der Waals surface area contributed by atoms with Crippen molar-refractivity contribution in [2.75, 3.05) is 11.6 Å². The number of carbonyl (C=O) groups is 2. The number of aryl methyl sites for hydroxylation is 1. The maximum atomic E-state index is 13.0. The summed E-state index contributed by atoms with van der Waals surface area (Å²) in [5.41, 5.74) is 1.84. The maximum Gasteiger partial charge on any atom is 0.262 e. The highest BCUT2D eigenvalue weighted by Crippen LogP contribution is 2.47. The number of hydroxylamine groups is 1. The number of carbonyl (C=O) groups excluding carboxylic acids is 2. The molecule has 2 fully saturated rings. The number of unbranched alkanes of at least 4 members (excludes halogenated alkanes) is 1. The molecule has 6 nitrogen and oxygen atoms in total. The van der Waals surface area contributed by atoms with Gasteiger partial charge in [-0.25, -0.2) is 5.06 Å². The molecule has 0 N–H and O–H groups in total. The number of hydrogen-bond donors (Lipinski definition) is 0. The van der Waals surface area contributed by atoms with E-state index < -0.39 is 18.1 Å². The molecule has 6 heteroatoms. The van der Waals surface area contributed by atoms with Crippen LogP contribution in [-0.4, -0.2) is 29.4 Å². The van der Waals surface area contributed by atoms with E-state index in [0.717, 1.165) is 24.1 Å². The summed E-state index contributed by atoms with van der Waals surface area (Å²) in [5, 5.41) is 1.68. The second-order valence-electron chi connectivity index (χ2n) is 6.81. The average molecular weight is 354 g/mol. The van der Waals surface area contributed by atoms with Crippen LogP contribution in [0.3, 0.4) is 0 Å². The van der Waals surface area contributed by atoms with E-state index >= 15 is 0 Å². The van der Waals surface area contributed by atoms with Crippen LogP contribution in [0.4, 0.5) is 5.69 Å². The van der Waals surface area contributed by atoms with Crippen molar-refractivity contribution < 1.29 is 18.8 Å². The monoisotopic (exact) mass is 354 g/mol. The lowest BCUT2D eigenvalue weighted by molar-refractivity contribution is -0.143. The highest BCUT2D eigenvalue weighted by Gasteiger charge is 2.60. The zero-order chi connectivity index (χ0) is 18.3. The second-order valence-corrected chi connectivity index (χ2v) is 6.81. The predicted molar refractivity (Wildman–Crippen MR) is 95.1 cm³/mol. The third-order valence-corrected chi connectivity index (χ3v) is 5.13. The topological polar surface area (TPSA) is 63.0 Å². The number of rotatable bonds is 5. The van der Waals surface area contributed by atoms with Crippen molar-refractivity contribution in [3.63, 3.8) is 0 Å². The summed E-state index contributed by atoms with van der Waals surface area (Å²) in [4.78, 5) is 33.2. The maximum absolute atomic E-state index is 13.0. The molecule has 2 aliphatic rings. The largest absolute Gasteiger partial charge is 0.467 e. The van der Waals surface area contributed by atoms with Crippen LogP contribution in [0.1, 0.15) is 37.1 Å². The number of amides is 2. The van der Waals surface area contributed by atoms with Crippen molar-refractivity contribution in [3.05, 3.63) is 54.0 Å². The SMILES string of the molecule is CCCCN1C(=O)[C@@H]2[C@H](ON(c3ccccc3C)[C@H]2c2ccco2)C1=O. The third kappa shape index (κ3) is 2.52. The number of imide groups is 1. The summed E-state index contributed by atoms with van der Waals surface area (Å²) in [6, 6.07) is 10.9. The van der Waals surface area contributed by atoms with Crippen LogP contribution in [0.2, 0.25) is 0 Å². The Kier molecular flexibility index (Phi) is 4.28. The van der Waals surface area contributed by atoms with Gasteiger partial charge >= 0.3 is 0 Å². The van der Waals surface area contributed by atoms with Crippen LogP contribution >= 0.6 is 0 Å². The fourth-order valence-corrected chi connectivity index (χ4v) is 3.78. The van der Waals surface area contributed by atoms with E-state index in [0.29, 0.717) is 12.3 Å². The highest BCUT2D eigenvalue weighted by atomic mass is 16.7. The minimum absolute atomic E-state index is 0.175. The first-order valence-electron chi connectivity index (χ1n) is 9.03. The number of anilines is 1. The number of likely N-dealkylation sites (tertiary alicyclic amines) is 1. The molecular weight excluding hydrogens is 332 g/mol. The molecule has 1 aromatic heterocycles. The first-order chi connectivity index (χ1) is 12.6. The fourth-order valence-electron chi connectivity index (χ4n) is 3.78. The molecule has 2 amide bonds. The lowest BCUT2D eigenvalue weighted by Gasteiger charge is -2.28. The molecule has 0 saturated carbocycles. The van der Waals surface area contributed by atoms with Gasteiger partial charge < -0.3 is 4.42 Å². The summed E-state index contributed by atoms with van der Waals surface area (Å²) >= 11 is 0.